The van der Waals surface area contributed by atoms with Crippen LogP contribution < -0.4 is 0 Å². The smallest absolute Gasteiger partial charge is 0.0870 e. The Morgan fingerprint density at radius 1 is 0.500 bits per heavy atom. The minimum absolute atomic E-state index is 0.578. The predicted molar refractivity (Wildman–Crippen MR) is 177 cm³/mol. The van der Waals surface area contributed by atoms with Crippen molar-refractivity contribution in [2.75, 3.05) is 0 Å². The number of benzene rings is 4. The Hall–Kier alpha value is -2.59. The summed E-state index contributed by atoms with van der Waals surface area (Å²) in [7, 11) is 0. The lowest BCUT2D eigenvalue weighted by molar-refractivity contribution is 0.648. The average molecular weight is 545 g/mol. The van der Waals surface area contributed by atoms with Crippen molar-refractivity contribution in [3.8, 4) is 0 Å². The Labute approximate surface area is 249 Å². The first-order valence-electron chi connectivity index (χ1n) is 15.8. The molecular weight excluding hydrogens is 495 g/mol. The van der Waals surface area contributed by atoms with E-state index in [0.29, 0.717) is 23.7 Å². The first-order chi connectivity index (χ1) is 19.6. The van der Waals surface area contributed by atoms with Gasteiger partial charge in [-0.1, -0.05) is 172 Å². The summed E-state index contributed by atoms with van der Waals surface area (Å²) in [5.74, 6) is 2.55. The van der Waals surface area contributed by atoms with E-state index in [0.717, 1.165) is 6.42 Å². The largest absolute Gasteiger partial charge is 0.263 e. The summed E-state index contributed by atoms with van der Waals surface area (Å²) < 4.78 is 0. The highest BCUT2D eigenvalue weighted by Crippen LogP contribution is 2.37. The highest BCUT2D eigenvalue weighted by Gasteiger charge is 2.29. The maximum atomic E-state index is 2.45. The normalized spacial score (nSPS) is 13.6. The lowest BCUT2D eigenvalue weighted by atomic mass is 9.92. The summed E-state index contributed by atoms with van der Waals surface area (Å²) >= 11 is -1.10. The van der Waals surface area contributed by atoms with E-state index in [4.69, 9.17) is 0 Å². The first kappa shape index (κ1) is 30.4. The molecule has 0 spiro atoms. The van der Waals surface area contributed by atoms with Crippen LogP contribution in [0.2, 0.25) is 15.8 Å². The number of hydrogen-bond acceptors (Lipinski definition) is 0. The summed E-state index contributed by atoms with van der Waals surface area (Å²) in [6.45, 7) is 9.40. The van der Waals surface area contributed by atoms with Gasteiger partial charge >= 0.3 is 0 Å². The standard InChI is InChI=1S/C19H23.2C10H13.Al/c1-15(2)19-11-7-8-17(14-19)13-12-16(3)18-9-5-4-6-10-18;2*1-3-9(2)10-7-5-4-6-8-10;/h4-11,14-16H,3,12-13H2,1-2H3;2*4-9H,2-3H2,1H3;. The Morgan fingerprint density at radius 2 is 0.925 bits per heavy atom. The van der Waals surface area contributed by atoms with Crippen LogP contribution in [0, 0.1) is 0 Å². The Bertz CT molecular complexity index is 1180. The predicted octanol–water partition coefficient (Wildman–Crippen LogP) is 11.4. The van der Waals surface area contributed by atoms with Crippen molar-refractivity contribution >= 4 is 14.1 Å². The van der Waals surface area contributed by atoms with Gasteiger partial charge < -0.3 is 0 Å². The van der Waals surface area contributed by atoms with Crippen LogP contribution in [-0.2, 0) is 6.42 Å². The Kier molecular flexibility index (Phi) is 12.2. The van der Waals surface area contributed by atoms with Crippen LogP contribution in [-0.4, -0.2) is 14.1 Å². The SMILES string of the molecule is CCC([CH2][Al]([CH2]C(CC)c1ccccc1)[CH2]C(CCc1cccc(C(C)C)c1)c1ccccc1)c1ccccc1. The lowest BCUT2D eigenvalue weighted by Crippen LogP contribution is -2.23. The van der Waals surface area contributed by atoms with Crippen LogP contribution in [0.1, 0.15) is 98.4 Å². The second-order valence-electron chi connectivity index (χ2n) is 12.2. The van der Waals surface area contributed by atoms with Crippen molar-refractivity contribution in [3.63, 3.8) is 0 Å². The molecule has 40 heavy (non-hydrogen) atoms. The van der Waals surface area contributed by atoms with E-state index in [1.54, 1.807) is 5.56 Å². The third-order valence-corrected chi connectivity index (χ3v) is 12.8. The van der Waals surface area contributed by atoms with Gasteiger partial charge in [-0.2, -0.15) is 0 Å². The molecule has 0 fully saturated rings. The quantitative estimate of drug-likeness (QED) is 0.131. The molecule has 0 nitrogen and oxygen atoms in total. The molecule has 0 aliphatic heterocycles. The topological polar surface area (TPSA) is 0 Å². The van der Waals surface area contributed by atoms with Gasteiger partial charge in [-0.3, -0.25) is 0 Å². The highest BCUT2D eigenvalue weighted by atomic mass is 27.2. The van der Waals surface area contributed by atoms with Crippen molar-refractivity contribution in [3.05, 3.63) is 143 Å². The maximum Gasteiger partial charge on any atom is 0.263 e. The molecule has 1 heteroatoms. The monoisotopic (exact) mass is 544 g/mol. The molecule has 0 bridgehead atoms. The fourth-order valence-electron chi connectivity index (χ4n) is 6.62. The molecular formula is C39H49Al. The molecule has 4 aromatic carbocycles. The number of rotatable bonds is 15. The van der Waals surface area contributed by atoms with Gasteiger partial charge in [0.2, 0.25) is 0 Å². The molecule has 0 N–H and O–H groups in total. The molecule has 0 amide bonds. The van der Waals surface area contributed by atoms with Crippen LogP contribution in [0.5, 0.6) is 0 Å². The molecule has 0 aliphatic carbocycles. The van der Waals surface area contributed by atoms with Gasteiger partial charge in [0.15, 0.2) is 0 Å². The van der Waals surface area contributed by atoms with E-state index in [1.165, 1.54) is 57.4 Å². The van der Waals surface area contributed by atoms with Gasteiger partial charge in [-0.25, -0.2) is 0 Å². The molecule has 0 aromatic heterocycles. The zero-order valence-electron chi connectivity index (χ0n) is 25.3. The molecule has 0 saturated heterocycles. The summed E-state index contributed by atoms with van der Waals surface area (Å²) in [4.78, 5) is 0. The van der Waals surface area contributed by atoms with E-state index in [9.17, 15) is 0 Å². The minimum Gasteiger partial charge on any atom is -0.0870 e. The van der Waals surface area contributed by atoms with Crippen molar-refractivity contribution in [1.82, 2.24) is 0 Å². The molecule has 0 aliphatic rings. The summed E-state index contributed by atoms with van der Waals surface area (Å²) in [6.07, 6.45) is 4.85. The third kappa shape index (κ3) is 8.96. The average Bonchev–Trinajstić information content (AvgIpc) is 3.01. The van der Waals surface area contributed by atoms with Gasteiger partial charge in [0.25, 0.3) is 14.1 Å². The summed E-state index contributed by atoms with van der Waals surface area (Å²) in [5, 5.41) is 4.19. The molecule has 208 valence electrons. The van der Waals surface area contributed by atoms with E-state index in [2.05, 4.69) is 143 Å². The molecule has 3 unspecified atom stereocenters. The maximum absolute atomic E-state index is 2.45. The summed E-state index contributed by atoms with van der Waals surface area (Å²) in [5.41, 5.74) is 7.58. The molecule has 4 rings (SSSR count). The van der Waals surface area contributed by atoms with E-state index >= 15 is 0 Å². The van der Waals surface area contributed by atoms with Crippen molar-refractivity contribution < 1.29 is 0 Å². The summed E-state index contributed by atoms with van der Waals surface area (Å²) in [6, 6.07) is 43.5. The van der Waals surface area contributed by atoms with Gasteiger partial charge in [0.05, 0.1) is 0 Å². The second-order valence-corrected chi connectivity index (χ2v) is 15.3. The zero-order chi connectivity index (χ0) is 28.2. The molecule has 0 saturated carbocycles. The Balaban J connectivity index is 1.60. The number of hydrogen-bond donors (Lipinski definition) is 0. The molecule has 0 radical (unpaired) electrons. The van der Waals surface area contributed by atoms with Crippen molar-refractivity contribution in [1.29, 1.82) is 0 Å². The molecule has 4 aromatic rings. The number of aryl methyl sites for hydroxylation is 1. The highest BCUT2D eigenvalue weighted by molar-refractivity contribution is 6.59. The molecule has 0 heterocycles. The van der Waals surface area contributed by atoms with Gasteiger partial charge in [0.1, 0.15) is 0 Å². The second kappa shape index (κ2) is 16.0. The van der Waals surface area contributed by atoms with Crippen LogP contribution in [0.25, 0.3) is 0 Å². The lowest BCUT2D eigenvalue weighted by Gasteiger charge is -2.28. The molecule has 3 atom stereocenters. The Morgan fingerprint density at radius 3 is 1.38 bits per heavy atom. The zero-order valence-corrected chi connectivity index (χ0v) is 26.5. The minimum atomic E-state index is -1.10. The van der Waals surface area contributed by atoms with Crippen LogP contribution in [0.4, 0.5) is 0 Å². The van der Waals surface area contributed by atoms with Gasteiger partial charge in [0, 0.05) is 0 Å². The van der Waals surface area contributed by atoms with Crippen LogP contribution >= 0.6 is 0 Å². The van der Waals surface area contributed by atoms with Gasteiger partial charge in [-0.05, 0) is 64.3 Å². The van der Waals surface area contributed by atoms with Gasteiger partial charge in [-0.15, -0.1) is 0 Å². The van der Waals surface area contributed by atoms with E-state index < -0.39 is 14.1 Å². The van der Waals surface area contributed by atoms with E-state index in [1.807, 2.05) is 0 Å². The van der Waals surface area contributed by atoms with Crippen molar-refractivity contribution in [2.24, 2.45) is 0 Å². The van der Waals surface area contributed by atoms with Crippen molar-refractivity contribution in [2.45, 2.75) is 92.9 Å². The van der Waals surface area contributed by atoms with Crippen LogP contribution in [0.3, 0.4) is 0 Å². The fraction of sp³-hybridized carbons (Fsp3) is 0.385. The third-order valence-electron chi connectivity index (χ3n) is 9.05. The first-order valence-corrected chi connectivity index (χ1v) is 18.3. The van der Waals surface area contributed by atoms with Crippen LogP contribution in [0.15, 0.2) is 115 Å². The fourth-order valence-corrected chi connectivity index (χ4v) is 11.3. The van der Waals surface area contributed by atoms with E-state index in [-0.39, 0.29) is 0 Å².